The van der Waals surface area contributed by atoms with Crippen LogP contribution in [0.15, 0.2) is 18.5 Å². The molecule has 1 saturated heterocycles. The second-order valence-corrected chi connectivity index (χ2v) is 6.91. The van der Waals surface area contributed by atoms with Gasteiger partial charge < -0.3 is 20.3 Å². The van der Waals surface area contributed by atoms with Crippen molar-refractivity contribution in [1.29, 1.82) is 5.26 Å². The molecule has 0 saturated carbocycles. The number of ether oxygens (including phenoxy) is 1. The highest BCUT2D eigenvalue weighted by atomic mass is 31.2. The molecule has 2 aromatic heterocycles. The maximum atomic E-state index is 10.9. The van der Waals surface area contributed by atoms with Gasteiger partial charge in [-0.3, -0.25) is 4.52 Å². The van der Waals surface area contributed by atoms with Gasteiger partial charge in [0, 0.05) is 5.92 Å². The highest BCUT2D eigenvalue weighted by Gasteiger charge is 2.50. The van der Waals surface area contributed by atoms with Gasteiger partial charge in [-0.05, 0) is 18.6 Å². The van der Waals surface area contributed by atoms with Gasteiger partial charge in [0.2, 0.25) is 0 Å². The van der Waals surface area contributed by atoms with E-state index >= 15 is 0 Å². The van der Waals surface area contributed by atoms with Gasteiger partial charge in [0.15, 0.2) is 11.4 Å². The Labute approximate surface area is 137 Å². The highest BCUT2D eigenvalue weighted by molar-refractivity contribution is 7.46. The maximum Gasteiger partial charge on any atom is 0.469 e. The Bertz CT molecular complexity index is 858. The van der Waals surface area contributed by atoms with Crippen molar-refractivity contribution >= 4 is 19.2 Å². The van der Waals surface area contributed by atoms with Gasteiger partial charge in [-0.25, -0.2) is 14.1 Å². The molecule has 2 aromatic rings. The summed E-state index contributed by atoms with van der Waals surface area (Å²) in [6.45, 7) is 1.52. The zero-order chi connectivity index (χ0) is 17.5. The Hall–Kier alpha value is -2.02. The average molecular weight is 353 g/mol. The molecule has 10 nitrogen and oxygen atoms in total. The molecule has 3 rings (SSSR count). The number of aromatic nitrogens is 3. The van der Waals surface area contributed by atoms with Gasteiger partial charge in [0.1, 0.15) is 17.9 Å². The van der Waals surface area contributed by atoms with Crippen LogP contribution in [0, 0.1) is 17.2 Å². The van der Waals surface area contributed by atoms with Crippen LogP contribution in [0.25, 0.3) is 5.52 Å². The Balaban J connectivity index is 1.96. The molecule has 1 fully saturated rings. The van der Waals surface area contributed by atoms with Gasteiger partial charge in [0.25, 0.3) is 0 Å². The lowest BCUT2D eigenvalue weighted by Crippen LogP contribution is -2.32. The number of rotatable bonds is 4. The molecule has 0 spiro atoms. The van der Waals surface area contributed by atoms with Crippen molar-refractivity contribution in [3.8, 4) is 6.07 Å². The first kappa shape index (κ1) is 16.8. The first-order valence-corrected chi connectivity index (χ1v) is 8.67. The Morgan fingerprint density at radius 2 is 2.38 bits per heavy atom. The second kappa shape index (κ2) is 5.81. The molecule has 3 unspecified atom stereocenters. The smallest absolute Gasteiger partial charge is 0.382 e. The predicted molar refractivity (Wildman–Crippen MR) is 81.3 cm³/mol. The quantitative estimate of drug-likeness (QED) is 0.668. The molecule has 3 atom stereocenters. The van der Waals surface area contributed by atoms with E-state index in [1.54, 1.807) is 12.1 Å². The molecule has 0 aliphatic carbocycles. The zero-order valence-electron chi connectivity index (χ0n) is 12.7. The third-order valence-electron chi connectivity index (χ3n) is 4.12. The van der Waals surface area contributed by atoms with E-state index in [9.17, 15) is 9.83 Å². The number of nitrogens with zero attached hydrogens (tertiary/aromatic N) is 4. The van der Waals surface area contributed by atoms with Crippen molar-refractivity contribution in [2.45, 2.75) is 25.0 Å². The Morgan fingerprint density at radius 3 is 3.04 bits per heavy atom. The van der Waals surface area contributed by atoms with E-state index in [1.807, 2.05) is 6.92 Å². The molecule has 0 radical (unpaired) electrons. The molecule has 1 aliphatic heterocycles. The summed E-state index contributed by atoms with van der Waals surface area (Å²) in [5, 5.41) is 13.9. The summed E-state index contributed by atoms with van der Waals surface area (Å²) < 4.78 is 22.7. The van der Waals surface area contributed by atoms with Crippen molar-refractivity contribution in [1.82, 2.24) is 14.6 Å². The summed E-state index contributed by atoms with van der Waals surface area (Å²) in [7, 11) is -4.60. The highest BCUT2D eigenvalue weighted by Crippen LogP contribution is 2.45. The molecule has 128 valence electrons. The van der Waals surface area contributed by atoms with Crippen LogP contribution in [0.3, 0.4) is 0 Å². The van der Waals surface area contributed by atoms with Crippen molar-refractivity contribution in [3.63, 3.8) is 0 Å². The van der Waals surface area contributed by atoms with Crippen LogP contribution in [-0.4, -0.2) is 37.1 Å². The fourth-order valence-corrected chi connectivity index (χ4v) is 3.37. The fourth-order valence-electron chi connectivity index (χ4n) is 3.01. The van der Waals surface area contributed by atoms with E-state index in [0.717, 1.165) is 0 Å². The Morgan fingerprint density at radius 1 is 1.62 bits per heavy atom. The van der Waals surface area contributed by atoms with Crippen LogP contribution in [0.2, 0.25) is 0 Å². The lowest BCUT2D eigenvalue weighted by Gasteiger charge is -2.25. The molecule has 11 heteroatoms. The predicted octanol–water partition coefficient (Wildman–Crippen LogP) is 0.565. The molecule has 0 amide bonds. The van der Waals surface area contributed by atoms with Gasteiger partial charge in [0.05, 0.1) is 18.4 Å². The molecule has 0 aromatic carbocycles. The maximum absolute atomic E-state index is 10.9. The first-order chi connectivity index (χ1) is 11.3. The van der Waals surface area contributed by atoms with Crippen LogP contribution < -0.4 is 5.73 Å². The standard InChI is InChI=1S/C13H16N5O5P/c1-8-4-9(5-22-24(19,20)21)23-13(8,6-14)11-3-2-10-12(15)16-7-17-18(10)11/h2-3,7-9H,4-5H2,1H3,(H2,15,16,17)(H2,19,20,21). The normalized spacial score (nSPS) is 27.4. The molecule has 1 aliphatic rings. The molecular formula is C13H16N5O5P. The van der Waals surface area contributed by atoms with Crippen molar-refractivity contribution < 1.29 is 23.6 Å². The van der Waals surface area contributed by atoms with Crippen LogP contribution in [0.4, 0.5) is 5.82 Å². The number of phosphoric acid groups is 1. The summed E-state index contributed by atoms with van der Waals surface area (Å²) in [5.74, 6) is 0.0264. The van der Waals surface area contributed by atoms with Crippen LogP contribution >= 0.6 is 7.82 Å². The summed E-state index contributed by atoms with van der Waals surface area (Å²) in [4.78, 5) is 21.5. The number of anilines is 1. The minimum Gasteiger partial charge on any atom is -0.382 e. The number of hydrogen-bond acceptors (Lipinski definition) is 7. The lowest BCUT2D eigenvalue weighted by atomic mass is 9.87. The van der Waals surface area contributed by atoms with Crippen LogP contribution in [0.5, 0.6) is 0 Å². The van der Waals surface area contributed by atoms with Crippen molar-refractivity contribution in [2.75, 3.05) is 12.3 Å². The SMILES string of the molecule is CC1CC(COP(=O)(O)O)OC1(C#N)c1ccc2c(N)ncnn12. The van der Waals surface area contributed by atoms with Crippen LogP contribution in [0.1, 0.15) is 19.0 Å². The number of fused-ring (bicyclic) bond motifs is 1. The van der Waals surface area contributed by atoms with Crippen molar-refractivity contribution in [3.05, 3.63) is 24.2 Å². The van der Waals surface area contributed by atoms with E-state index in [2.05, 4.69) is 20.7 Å². The number of nitriles is 1. The van der Waals surface area contributed by atoms with E-state index in [4.69, 9.17) is 20.3 Å². The molecule has 0 bridgehead atoms. The number of hydrogen-bond donors (Lipinski definition) is 3. The average Bonchev–Trinajstić information content (AvgIpc) is 3.07. The Kier molecular flexibility index (Phi) is 4.07. The van der Waals surface area contributed by atoms with Gasteiger partial charge in [-0.1, -0.05) is 6.92 Å². The third kappa shape index (κ3) is 2.77. The summed E-state index contributed by atoms with van der Waals surface area (Å²) in [6.07, 6.45) is 1.06. The number of phosphoric ester groups is 1. The minimum atomic E-state index is -4.60. The molecule has 3 heterocycles. The minimum absolute atomic E-state index is 0.248. The largest absolute Gasteiger partial charge is 0.469 e. The van der Waals surface area contributed by atoms with Gasteiger partial charge in [-0.2, -0.15) is 10.4 Å². The third-order valence-corrected chi connectivity index (χ3v) is 4.61. The summed E-state index contributed by atoms with van der Waals surface area (Å²) in [5.41, 5.74) is 5.52. The molecular weight excluding hydrogens is 337 g/mol. The van der Waals surface area contributed by atoms with Crippen LogP contribution in [-0.2, 0) is 19.4 Å². The molecule has 24 heavy (non-hydrogen) atoms. The van der Waals surface area contributed by atoms with Crippen molar-refractivity contribution in [2.24, 2.45) is 5.92 Å². The summed E-state index contributed by atoms with van der Waals surface area (Å²) >= 11 is 0. The van der Waals surface area contributed by atoms with Gasteiger partial charge >= 0.3 is 7.82 Å². The topological polar surface area (TPSA) is 156 Å². The fraction of sp³-hybridized carbons (Fsp3) is 0.462. The monoisotopic (exact) mass is 353 g/mol. The second-order valence-electron chi connectivity index (χ2n) is 5.67. The van der Waals surface area contributed by atoms with Gasteiger partial charge in [-0.15, -0.1) is 0 Å². The zero-order valence-corrected chi connectivity index (χ0v) is 13.6. The molecule has 4 N–H and O–H groups in total. The summed E-state index contributed by atoms with van der Waals surface area (Å²) in [6, 6.07) is 5.56. The van der Waals surface area contributed by atoms with E-state index in [1.165, 1.54) is 10.8 Å². The lowest BCUT2D eigenvalue weighted by molar-refractivity contribution is -0.0418. The van der Waals surface area contributed by atoms with E-state index in [0.29, 0.717) is 17.6 Å². The van der Waals surface area contributed by atoms with E-state index in [-0.39, 0.29) is 18.3 Å². The number of nitrogen functional groups attached to an aromatic ring is 1. The number of nitrogens with two attached hydrogens (primary N) is 1. The first-order valence-electron chi connectivity index (χ1n) is 7.14. The van der Waals surface area contributed by atoms with E-state index < -0.39 is 19.5 Å².